The Morgan fingerprint density at radius 3 is 2.50 bits per heavy atom. The first-order valence-corrected chi connectivity index (χ1v) is 7.82. The average Bonchev–Trinajstić information content (AvgIpc) is 2.54. The lowest BCUT2D eigenvalue weighted by Crippen LogP contribution is -2.10. The van der Waals surface area contributed by atoms with E-state index in [0.29, 0.717) is 10.9 Å². The van der Waals surface area contributed by atoms with Crippen molar-refractivity contribution in [2.45, 2.75) is 6.61 Å². The lowest BCUT2D eigenvalue weighted by Gasteiger charge is -2.07. The number of benzene rings is 2. The molecule has 0 aliphatic carbocycles. The third-order valence-electron chi connectivity index (χ3n) is 2.93. The fourth-order valence-electron chi connectivity index (χ4n) is 1.75. The van der Waals surface area contributed by atoms with Crippen LogP contribution < -0.4 is 0 Å². The maximum absolute atomic E-state index is 13.7. The zero-order valence-corrected chi connectivity index (χ0v) is 14.7. The SMILES string of the molecule is CN(C)C=N/C(=N/OCc1c(F)cccc1Cl)c1ccc(Cl)cc1. The highest BCUT2D eigenvalue weighted by Crippen LogP contribution is 2.20. The first kappa shape index (κ1) is 18.2. The van der Waals surface area contributed by atoms with Gasteiger partial charge in [-0.2, -0.15) is 0 Å². The number of aliphatic imine (C=N–C) groups is 1. The Hall–Kier alpha value is -2.11. The third kappa shape index (κ3) is 5.22. The van der Waals surface area contributed by atoms with Crippen LogP contribution in [0.2, 0.25) is 10.0 Å². The zero-order valence-electron chi connectivity index (χ0n) is 13.2. The van der Waals surface area contributed by atoms with Gasteiger partial charge in [-0.25, -0.2) is 9.38 Å². The van der Waals surface area contributed by atoms with Gasteiger partial charge in [-0.15, -0.1) is 0 Å². The van der Waals surface area contributed by atoms with Crippen molar-refractivity contribution in [3.8, 4) is 0 Å². The highest BCUT2D eigenvalue weighted by atomic mass is 35.5. The second-order valence-corrected chi connectivity index (χ2v) is 5.95. The first-order chi connectivity index (χ1) is 11.5. The summed E-state index contributed by atoms with van der Waals surface area (Å²) in [6.07, 6.45) is 1.59. The molecule has 0 unspecified atom stereocenters. The van der Waals surface area contributed by atoms with E-state index in [9.17, 15) is 4.39 Å². The number of rotatable bonds is 5. The second-order valence-electron chi connectivity index (χ2n) is 5.10. The molecule has 4 nitrogen and oxygen atoms in total. The van der Waals surface area contributed by atoms with Crippen LogP contribution in [-0.4, -0.2) is 31.2 Å². The predicted molar refractivity (Wildman–Crippen MR) is 96.4 cm³/mol. The molecule has 0 aliphatic heterocycles. The van der Waals surface area contributed by atoms with Gasteiger partial charge in [0.25, 0.3) is 0 Å². The molecule has 0 spiro atoms. The normalized spacial score (nSPS) is 11.8. The molecule has 0 saturated carbocycles. The van der Waals surface area contributed by atoms with Crippen LogP contribution in [0.1, 0.15) is 11.1 Å². The van der Waals surface area contributed by atoms with Crippen molar-refractivity contribution in [1.29, 1.82) is 0 Å². The molecule has 0 radical (unpaired) electrons. The van der Waals surface area contributed by atoms with Gasteiger partial charge in [0.1, 0.15) is 12.4 Å². The van der Waals surface area contributed by atoms with E-state index in [-0.39, 0.29) is 17.2 Å². The van der Waals surface area contributed by atoms with Gasteiger partial charge < -0.3 is 9.74 Å². The molecule has 24 heavy (non-hydrogen) atoms. The van der Waals surface area contributed by atoms with Gasteiger partial charge in [0.2, 0.25) is 0 Å². The maximum Gasteiger partial charge on any atom is 0.200 e. The van der Waals surface area contributed by atoms with E-state index >= 15 is 0 Å². The topological polar surface area (TPSA) is 37.2 Å². The summed E-state index contributed by atoms with van der Waals surface area (Å²) >= 11 is 11.9. The number of hydrogen-bond donors (Lipinski definition) is 0. The van der Waals surface area contributed by atoms with Gasteiger partial charge >= 0.3 is 0 Å². The fraction of sp³-hybridized carbons (Fsp3) is 0.176. The van der Waals surface area contributed by atoms with Crippen molar-refractivity contribution in [3.05, 3.63) is 69.5 Å². The lowest BCUT2D eigenvalue weighted by atomic mass is 10.2. The Kier molecular flexibility index (Phi) is 6.58. The molecule has 0 bridgehead atoms. The van der Waals surface area contributed by atoms with E-state index in [1.807, 2.05) is 14.1 Å². The Morgan fingerprint density at radius 1 is 1.17 bits per heavy atom. The molecular formula is C17H16Cl2FN3O. The van der Waals surface area contributed by atoms with Crippen molar-refractivity contribution in [3.63, 3.8) is 0 Å². The van der Waals surface area contributed by atoms with Crippen molar-refractivity contribution in [2.24, 2.45) is 10.1 Å². The van der Waals surface area contributed by atoms with E-state index in [1.54, 1.807) is 41.6 Å². The molecule has 126 valence electrons. The molecule has 0 amide bonds. The van der Waals surface area contributed by atoms with Crippen LogP contribution in [-0.2, 0) is 11.4 Å². The van der Waals surface area contributed by atoms with E-state index < -0.39 is 5.82 Å². The molecule has 0 atom stereocenters. The van der Waals surface area contributed by atoms with Crippen molar-refractivity contribution in [2.75, 3.05) is 14.1 Å². The summed E-state index contributed by atoms with van der Waals surface area (Å²) in [6.45, 7) is -0.0971. The van der Waals surface area contributed by atoms with Crippen LogP contribution in [0.3, 0.4) is 0 Å². The highest BCUT2D eigenvalue weighted by Gasteiger charge is 2.08. The van der Waals surface area contributed by atoms with Gasteiger partial charge in [0.15, 0.2) is 5.84 Å². The van der Waals surface area contributed by atoms with Crippen LogP contribution in [0.15, 0.2) is 52.6 Å². The van der Waals surface area contributed by atoms with Gasteiger partial charge in [-0.05, 0) is 36.4 Å². The zero-order chi connectivity index (χ0) is 17.5. The summed E-state index contributed by atoms with van der Waals surface area (Å²) in [4.78, 5) is 11.3. The lowest BCUT2D eigenvalue weighted by molar-refractivity contribution is 0.128. The van der Waals surface area contributed by atoms with Gasteiger partial charge in [0.05, 0.1) is 11.4 Å². The van der Waals surface area contributed by atoms with E-state index in [0.717, 1.165) is 5.56 Å². The molecule has 0 saturated heterocycles. The van der Waals surface area contributed by atoms with E-state index in [2.05, 4.69) is 10.1 Å². The number of hydrogen-bond acceptors (Lipinski definition) is 2. The summed E-state index contributed by atoms with van der Waals surface area (Å²) < 4.78 is 13.7. The van der Waals surface area contributed by atoms with Crippen LogP contribution in [0.25, 0.3) is 0 Å². The van der Waals surface area contributed by atoms with Gasteiger partial charge in [-0.1, -0.05) is 34.4 Å². The number of oxime groups is 1. The van der Waals surface area contributed by atoms with Crippen molar-refractivity contribution < 1.29 is 9.23 Å². The van der Waals surface area contributed by atoms with E-state index in [1.165, 1.54) is 12.1 Å². The molecule has 0 aliphatic rings. The minimum Gasteiger partial charge on any atom is -0.389 e. The minimum atomic E-state index is -0.442. The fourth-order valence-corrected chi connectivity index (χ4v) is 2.09. The van der Waals surface area contributed by atoms with Crippen molar-refractivity contribution in [1.82, 2.24) is 4.90 Å². The highest BCUT2D eigenvalue weighted by molar-refractivity contribution is 6.31. The maximum atomic E-state index is 13.7. The summed E-state index contributed by atoms with van der Waals surface area (Å²) in [5.74, 6) is -0.102. The second kappa shape index (κ2) is 8.66. The first-order valence-electron chi connectivity index (χ1n) is 7.07. The molecule has 7 heteroatoms. The molecular weight excluding hydrogens is 352 g/mol. The average molecular weight is 368 g/mol. The summed E-state index contributed by atoms with van der Waals surface area (Å²) in [7, 11) is 3.67. The predicted octanol–water partition coefficient (Wildman–Crippen LogP) is 4.60. The Morgan fingerprint density at radius 2 is 1.88 bits per heavy atom. The molecule has 2 aromatic carbocycles. The van der Waals surface area contributed by atoms with Crippen LogP contribution in [0.4, 0.5) is 4.39 Å². The van der Waals surface area contributed by atoms with Crippen LogP contribution >= 0.6 is 23.2 Å². The van der Waals surface area contributed by atoms with Crippen LogP contribution in [0.5, 0.6) is 0 Å². The quantitative estimate of drug-likeness (QED) is 0.439. The Labute approximate surface area is 150 Å². The minimum absolute atomic E-state index is 0.0971. The Balaban J connectivity index is 2.20. The number of halogens is 3. The smallest absolute Gasteiger partial charge is 0.200 e. The Bertz CT molecular complexity index is 726. The largest absolute Gasteiger partial charge is 0.389 e. The molecule has 0 fully saturated rings. The molecule has 2 rings (SSSR count). The van der Waals surface area contributed by atoms with E-state index in [4.69, 9.17) is 28.0 Å². The molecule has 2 aromatic rings. The molecule has 0 aromatic heterocycles. The molecule has 0 heterocycles. The summed E-state index contributed by atoms with van der Waals surface area (Å²) in [5.41, 5.74) is 0.965. The van der Waals surface area contributed by atoms with Crippen molar-refractivity contribution >= 4 is 35.4 Å². The number of nitrogens with zero attached hydrogens (tertiary/aromatic N) is 3. The number of amidine groups is 1. The van der Waals surface area contributed by atoms with Crippen LogP contribution in [0, 0.1) is 5.82 Å². The third-order valence-corrected chi connectivity index (χ3v) is 3.54. The summed E-state index contributed by atoms with van der Waals surface area (Å²) in [5, 5.41) is 4.89. The standard InChI is InChI=1S/C17H16Cl2FN3O/c1-23(2)11-21-17(12-6-8-13(18)9-7-12)22-24-10-14-15(19)4-3-5-16(14)20/h3-9,11H,10H2,1-2H3/b21-11?,22-17+. The van der Waals surface area contributed by atoms with Gasteiger partial charge in [-0.3, -0.25) is 0 Å². The van der Waals surface area contributed by atoms with Gasteiger partial charge in [0, 0.05) is 30.2 Å². The molecule has 0 N–H and O–H groups in total. The monoisotopic (exact) mass is 367 g/mol. The summed E-state index contributed by atoms with van der Waals surface area (Å²) in [6, 6.07) is 11.4.